The highest BCUT2D eigenvalue weighted by Gasteiger charge is 2.24. The van der Waals surface area contributed by atoms with Gasteiger partial charge in [-0.15, -0.1) is 11.8 Å². The van der Waals surface area contributed by atoms with Crippen molar-refractivity contribution in [1.29, 1.82) is 0 Å². The molecule has 0 saturated heterocycles. The first-order valence-corrected chi connectivity index (χ1v) is 11.7. The molecule has 0 saturated carbocycles. The highest BCUT2D eigenvalue weighted by Crippen LogP contribution is 2.33. The van der Waals surface area contributed by atoms with E-state index in [4.69, 9.17) is 9.47 Å². The second kappa shape index (κ2) is 9.66. The lowest BCUT2D eigenvalue weighted by Gasteiger charge is -2.17. The van der Waals surface area contributed by atoms with Crippen LogP contribution in [0.4, 0.5) is 10.1 Å². The molecule has 0 fully saturated rings. The predicted octanol–water partition coefficient (Wildman–Crippen LogP) is 3.77. The van der Waals surface area contributed by atoms with E-state index in [0.717, 1.165) is 23.2 Å². The number of benzene rings is 2. The van der Waals surface area contributed by atoms with E-state index in [1.54, 1.807) is 24.3 Å². The summed E-state index contributed by atoms with van der Waals surface area (Å²) in [5.74, 6) is 1.02. The van der Waals surface area contributed by atoms with Crippen molar-refractivity contribution in [3.63, 3.8) is 0 Å². The molecule has 2 aromatic carbocycles. The molecule has 1 amide bonds. The number of methoxy groups -OCH3 is 2. The lowest BCUT2D eigenvalue weighted by atomic mass is 10.2. The van der Waals surface area contributed by atoms with E-state index in [1.807, 2.05) is 0 Å². The van der Waals surface area contributed by atoms with Crippen LogP contribution in [-0.4, -0.2) is 41.2 Å². The Morgan fingerprint density at radius 3 is 2.84 bits per heavy atom. The van der Waals surface area contributed by atoms with Crippen molar-refractivity contribution in [3.8, 4) is 17.2 Å². The number of carbonyl (C=O) groups excluding carboxylic acids is 1. The lowest BCUT2D eigenvalue weighted by Crippen LogP contribution is -2.25. The average molecular weight is 474 g/mol. The van der Waals surface area contributed by atoms with Crippen LogP contribution in [0, 0.1) is 5.82 Å². The van der Waals surface area contributed by atoms with Gasteiger partial charge in [-0.25, -0.2) is 9.37 Å². The van der Waals surface area contributed by atoms with Gasteiger partial charge in [-0.05, 0) is 30.3 Å². The predicted molar refractivity (Wildman–Crippen MR) is 123 cm³/mol. The molecule has 7 nitrogen and oxygen atoms in total. The van der Waals surface area contributed by atoms with E-state index in [2.05, 4.69) is 10.3 Å². The Morgan fingerprint density at radius 2 is 2.09 bits per heavy atom. The van der Waals surface area contributed by atoms with Gasteiger partial charge >= 0.3 is 0 Å². The Hall–Kier alpha value is -2.98. The maximum absolute atomic E-state index is 13.4. The van der Waals surface area contributed by atoms with Gasteiger partial charge in [0.25, 0.3) is 5.56 Å². The topological polar surface area (TPSA) is 82.4 Å². The zero-order chi connectivity index (χ0) is 22.7. The number of nitrogens with one attached hydrogen (secondary N) is 1. The third kappa shape index (κ3) is 4.61. The van der Waals surface area contributed by atoms with E-state index < -0.39 is 5.82 Å². The molecular formula is C22H20FN3O4S2. The fourth-order valence-electron chi connectivity index (χ4n) is 3.27. The summed E-state index contributed by atoms with van der Waals surface area (Å²) < 4.78 is 25.6. The number of aryl methyl sites for hydroxylation is 1. The maximum Gasteiger partial charge on any atom is 0.272 e. The molecule has 1 aliphatic heterocycles. The number of thioether (sulfide) groups is 2. The maximum atomic E-state index is 13.4. The van der Waals surface area contributed by atoms with E-state index in [-0.39, 0.29) is 17.2 Å². The Morgan fingerprint density at radius 1 is 1.25 bits per heavy atom. The summed E-state index contributed by atoms with van der Waals surface area (Å²) in [6, 6.07) is 10.8. The Balaban J connectivity index is 1.69. The normalized spacial score (nSPS) is 12.3. The van der Waals surface area contributed by atoms with Crippen molar-refractivity contribution in [2.75, 3.05) is 31.0 Å². The molecule has 32 heavy (non-hydrogen) atoms. The van der Waals surface area contributed by atoms with Gasteiger partial charge < -0.3 is 14.8 Å². The van der Waals surface area contributed by atoms with Crippen LogP contribution in [0.3, 0.4) is 0 Å². The summed E-state index contributed by atoms with van der Waals surface area (Å²) >= 11 is 2.60. The van der Waals surface area contributed by atoms with Crippen molar-refractivity contribution >= 4 is 35.1 Å². The van der Waals surface area contributed by atoms with Crippen molar-refractivity contribution in [1.82, 2.24) is 9.55 Å². The molecular weight excluding hydrogens is 453 g/mol. The van der Waals surface area contributed by atoms with Crippen LogP contribution in [0.1, 0.15) is 5.69 Å². The van der Waals surface area contributed by atoms with Crippen LogP contribution in [0.2, 0.25) is 0 Å². The van der Waals surface area contributed by atoms with E-state index >= 15 is 0 Å². The second-order valence-electron chi connectivity index (χ2n) is 6.79. The summed E-state index contributed by atoms with van der Waals surface area (Å²) in [6.45, 7) is 0. The number of carbonyl (C=O) groups is 1. The number of halogens is 1. The molecule has 0 spiro atoms. The van der Waals surface area contributed by atoms with Crippen LogP contribution in [0.25, 0.3) is 5.69 Å². The van der Waals surface area contributed by atoms with E-state index in [9.17, 15) is 14.0 Å². The number of hydrogen-bond acceptors (Lipinski definition) is 7. The fourth-order valence-corrected chi connectivity index (χ4v) is 5.11. The van der Waals surface area contributed by atoms with Gasteiger partial charge in [0.1, 0.15) is 17.3 Å². The smallest absolute Gasteiger partial charge is 0.272 e. The van der Waals surface area contributed by atoms with Crippen LogP contribution >= 0.6 is 23.5 Å². The minimum absolute atomic E-state index is 0.0127. The lowest BCUT2D eigenvalue weighted by molar-refractivity contribution is -0.113. The summed E-state index contributed by atoms with van der Waals surface area (Å²) in [5.41, 5.74) is 1.36. The first-order valence-electron chi connectivity index (χ1n) is 9.69. The first-order chi connectivity index (χ1) is 15.5. The van der Waals surface area contributed by atoms with Gasteiger partial charge in [0.2, 0.25) is 5.91 Å². The Kier molecular flexibility index (Phi) is 6.71. The summed E-state index contributed by atoms with van der Waals surface area (Å²) in [5, 5.41) is 3.03. The zero-order valence-corrected chi connectivity index (χ0v) is 19.0. The summed E-state index contributed by atoms with van der Waals surface area (Å²) in [6.07, 6.45) is 0.689. The first kappa shape index (κ1) is 22.2. The molecule has 1 N–H and O–H groups in total. The number of amides is 1. The monoisotopic (exact) mass is 473 g/mol. The van der Waals surface area contributed by atoms with E-state index in [1.165, 1.54) is 48.7 Å². The number of ether oxygens (including phenoxy) is 2. The fraction of sp³-hybridized carbons (Fsp3) is 0.227. The van der Waals surface area contributed by atoms with Crippen LogP contribution < -0.4 is 20.3 Å². The number of fused-ring (bicyclic) bond motifs is 1. The Bertz CT molecular complexity index is 1230. The molecule has 3 aromatic rings. The van der Waals surface area contributed by atoms with Gasteiger partial charge in [-0.2, -0.15) is 0 Å². The summed E-state index contributed by atoms with van der Waals surface area (Å²) in [4.78, 5) is 31.1. The average Bonchev–Trinajstić information content (AvgIpc) is 3.26. The SMILES string of the molecule is COc1ccc(OC)c(-n2c(SCC(=O)Nc3cccc(F)c3)nc3c(c2=O)SCC3)c1. The van der Waals surface area contributed by atoms with Crippen molar-refractivity contribution in [2.45, 2.75) is 16.5 Å². The van der Waals surface area contributed by atoms with Crippen molar-refractivity contribution in [2.24, 2.45) is 0 Å². The number of anilines is 1. The van der Waals surface area contributed by atoms with Gasteiger partial charge in [0, 0.05) is 23.9 Å². The third-order valence-corrected chi connectivity index (χ3v) is 6.78. The van der Waals surface area contributed by atoms with E-state index in [0.29, 0.717) is 39.3 Å². The van der Waals surface area contributed by atoms with Crippen molar-refractivity contribution in [3.05, 3.63) is 64.3 Å². The minimum atomic E-state index is -0.438. The quantitative estimate of drug-likeness (QED) is 0.413. The van der Waals surface area contributed by atoms with Gasteiger partial charge in [-0.3, -0.25) is 14.2 Å². The molecule has 2 heterocycles. The Labute approximate surface area is 192 Å². The second-order valence-corrected chi connectivity index (χ2v) is 8.84. The summed E-state index contributed by atoms with van der Waals surface area (Å²) in [7, 11) is 3.06. The molecule has 0 unspecified atom stereocenters. The third-order valence-electron chi connectivity index (χ3n) is 4.73. The highest BCUT2D eigenvalue weighted by molar-refractivity contribution is 8.00. The van der Waals surface area contributed by atoms with Crippen LogP contribution in [0.15, 0.2) is 57.3 Å². The molecule has 0 bridgehead atoms. The molecule has 4 rings (SSSR count). The van der Waals surface area contributed by atoms with Gasteiger partial charge in [0.15, 0.2) is 5.16 Å². The van der Waals surface area contributed by atoms with Crippen LogP contribution in [0.5, 0.6) is 11.5 Å². The molecule has 1 aromatic heterocycles. The highest BCUT2D eigenvalue weighted by atomic mass is 32.2. The number of rotatable bonds is 7. The number of nitrogens with zero attached hydrogens (tertiary/aromatic N) is 2. The largest absolute Gasteiger partial charge is 0.497 e. The van der Waals surface area contributed by atoms with Crippen molar-refractivity contribution < 1.29 is 18.7 Å². The molecule has 166 valence electrons. The van der Waals surface area contributed by atoms with Crippen LogP contribution in [-0.2, 0) is 11.2 Å². The number of hydrogen-bond donors (Lipinski definition) is 1. The number of aromatic nitrogens is 2. The molecule has 0 atom stereocenters. The van der Waals surface area contributed by atoms with Gasteiger partial charge in [-0.1, -0.05) is 17.8 Å². The van der Waals surface area contributed by atoms with Gasteiger partial charge in [0.05, 0.1) is 36.2 Å². The molecule has 1 aliphatic rings. The standard InChI is InChI=1S/C22H20FN3O4S2/c1-29-15-6-7-18(30-2)17(11-15)26-21(28)20-16(8-9-31-20)25-22(26)32-12-19(27)24-14-5-3-4-13(23)10-14/h3-7,10-11H,8-9,12H2,1-2H3,(H,24,27). The molecule has 0 radical (unpaired) electrons. The molecule has 0 aliphatic carbocycles. The minimum Gasteiger partial charge on any atom is -0.497 e. The molecule has 10 heteroatoms. The zero-order valence-electron chi connectivity index (χ0n) is 17.4.